The Bertz CT molecular complexity index is 1060. The molecule has 1 aromatic heterocycles. The van der Waals surface area contributed by atoms with Gasteiger partial charge in [0.1, 0.15) is 11.1 Å². The molecule has 1 aliphatic heterocycles. The fraction of sp³-hybridized carbons (Fsp3) is 0.158. The second-order valence-electron chi connectivity index (χ2n) is 6.10. The van der Waals surface area contributed by atoms with Crippen molar-refractivity contribution in [3.8, 4) is 11.5 Å². The number of anilines is 2. The molecule has 0 aliphatic carbocycles. The Hall–Kier alpha value is -3.93. The summed E-state index contributed by atoms with van der Waals surface area (Å²) in [6.45, 7) is 3.83. The van der Waals surface area contributed by atoms with Crippen LogP contribution in [-0.2, 0) is 4.79 Å². The standard InChI is InChI=1S/C19H20N6O5S/c1-10(17(26)30-14-8-11(20)4-5-13(14)29-3)25-9-15(24-19(27)28)31-16(25)12-6-7-22-18(21-2)23-12/h4-9,16,24H,1,20H2,2-3H3,(H,27,28)(H,21,22,23)/t16-/m0/s1. The van der Waals surface area contributed by atoms with Crippen molar-refractivity contribution in [1.29, 1.82) is 0 Å². The number of nitrogens with one attached hydrogen (secondary N) is 2. The van der Waals surface area contributed by atoms with E-state index in [4.69, 9.17) is 20.3 Å². The first kappa shape index (κ1) is 21.8. The summed E-state index contributed by atoms with van der Waals surface area (Å²) < 4.78 is 10.6. The number of thioether (sulfide) groups is 1. The number of hydrogen-bond acceptors (Lipinski definition) is 10. The molecule has 3 rings (SSSR count). The third-order valence-corrected chi connectivity index (χ3v) is 5.22. The maximum Gasteiger partial charge on any atom is 0.409 e. The van der Waals surface area contributed by atoms with E-state index in [2.05, 4.69) is 27.2 Å². The van der Waals surface area contributed by atoms with E-state index in [1.165, 1.54) is 24.3 Å². The SMILES string of the molecule is C=C(C(=O)Oc1cc(N)ccc1OC)N1C=C(NC(=O)O)S[C@H]1c1ccnc(NC)n1. The molecule has 0 fully saturated rings. The second kappa shape index (κ2) is 9.26. The zero-order valence-corrected chi connectivity index (χ0v) is 17.5. The van der Waals surface area contributed by atoms with Crippen molar-refractivity contribution in [3.05, 3.63) is 59.7 Å². The van der Waals surface area contributed by atoms with Gasteiger partial charge in [0, 0.05) is 31.2 Å². The van der Waals surface area contributed by atoms with E-state index in [0.29, 0.717) is 23.1 Å². The van der Waals surface area contributed by atoms with Crippen LogP contribution in [0.25, 0.3) is 0 Å². The van der Waals surface area contributed by atoms with Crippen molar-refractivity contribution in [2.24, 2.45) is 0 Å². The van der Waals surface area contributed by atoms with Crippen LogP contribution in [0.1, 0.15) is 11.1 Å². The fourth-order valence-corrected chi connectivity index (χ4v) is 3.77. The number of carbonyl (C=O) groups excluding carboxylic acids is 1. The molecule has 0 spiro atoms. The monoisotopic (exact) mass is 444 g/mol. The summed E-state index contributed by atoms with van der Waals surface area (Å²) in [7, 11) is 3.11. The van der Waals surface area contributed by atoms with Crippen LogP contribution in [0, 0.1) is 0 Å². The Balaban J connectivity index is 1.88. The third-order valence-electron chi connectivity index (χ3n) is 4.07. The van der Waals surface area contributed by atoms with Gasteiger partial charge in [-0.2, -0.15) is 0 Å². The molecule has 1 aliphatic rings. The summed E-state index contributed by atoms with van der Waals surface area (Å²) in [5, 5.41) is 13.9. The third kappa shape index (κ3) is 4.98. The van der Waals surface area contributed by atoms with Gasteiger partial charge in [-0.15, -0.1) is 0 Å². The van der Waals surface area contributed by atoms with E-state index in [1.807, 2.05) is 0 Å². The summed E-state index contributed by atoms with van der Waals surface area (Å²) >= 11 is 1.15. The Kier molecular flexibility index (Phi) is 6.50. The summed E-state index contributed by atoms with van der Waals surface area (Å²) in [6.07, 6.45) is 1.76. The van der Waals surface area contributed by atoms with Gasteiger partial charge < -0.3 is 30.5 Å². The number of aromatic nitrogens is 2. The van der Waals surface area contributed by atoms with Crippen LogP contribution in [0.15, 0.2) is 54.0 Å². The number of ether oxygens (including phenoxy) is 2. The van der Waals surface area contributed by atoms with Gasteiger partial charge >= 0.3 is 12.1 Å². The summed E-state index contributed by atoms with van der Waals surface area (Å²) in [6, 6.07) is 6.29. The molecule has 162 valence electrons. The molecular weight excluding hydrogens is 424 g/mol. The number of rotatable bonds is 7. The van der Waals surface area contributed by atoms with Crippen LogP contribution in [-0.4, -0.2) is 46.2 Å². The van der Waals surface area contributed by atoms with Crippen LogP contribution >= 0.6 is 11.8 Å². The van der Waals surface area contributed by atoms with Gasteiger partial charge in [-0.05, 0) is 18.2 Å². The Morgan fingerprint density at radius 2 is 2.10 bits per heavy atom. The minimum Gasteiger partial charge on any atom is -0.493 e. The fourth-order valence-electron chi connectivity index (χ4n) is 2.66. The molecule has 11 nitrogen and oxygen atoms in total. The number of nitrogen functional groups attached to an aromatic ring is 1. The summed E-state index contributed by atoms with van der Waals surface area (Å²) in [5.74, 6) is 0.0472. The lowest BCUT2D eigenvalue weighted by atomic mass is 10.3. The van der Waals surface area contributed by atoms with Gasteiger partial charge in [0.15, 0.2) is 11.5 Å². The van der Waals surface area contributed by atoms with E-state index in [1.54, 1.807) is 31.4 Å². The first-order chi connectivity index (χ1) is 14.8. The maximum atomic E-state index is 12.8. The van der Waals surface area contributed by atoms with E-state index in [9.17, 15) is 9.59 Å². The van der Waals surface area contributed by atoms with Crippen LogP contribution < -0.4 is 25.8 Å². The van der Waals surface area contributed by atoms with Crippen molar-refractivity contribution in [1.82, 2.24) is 20.2 Å². The first-order valence-electron chi connectivity index (χ1n) is 8.84. The molecule has 5 N–H and O–H groups in total. The van der Waals surface area contributed by atoms with Crippen LogP contribution in [0.2, 0.25) is 0 Å². The molecule has 31 heavy (non-hydrogen) atoms. The number of methoxy groups -OCH3 is 1. The highest BCUT2D eigenvalue weighted by atomic mass is 32.2. The number of nitrogens with zero attached hydrogens (tertiary/aromatic N) is 3. The van der Waals surface area contributed by atoms with Crippen LogP contribution in [0.4, 0.5) is 16.4 Å². The van der Waals surface area contributed by atoms with Gasteiger partial charge in [-0.1, -0.05) is 18.3 Å². The van der Waals surface area contributed by atoms with Crippen molar-refractivity contribution in [3.63, 3.8) is 0 Å². The van der Waals surface area contributed by atoms with E-state index < -0.39 is 17.4 Å². The topological polar surface area (TPSA) is 152 Å². The zero-order chi connectivity index (χ0) is 22.5. The highest BCUT2D eigenvalue weighted by Gasteiger charge is 2.34. The molecular formula is C19H20N6O5S. The van der Waals surface area contributed by atoms with Crippen molar-refractivity contribution in [2.45, 2.75) is 5.37 Å². The van der Waals surface area contributed by atoms with Gasteiger partial charge in [-0.25, -0.2) is 19.6 Å². The number of amides is 1. The minimum absolute atomic E-state index is 0.0474. The van der Waals surface area contributed by atoms with E-state index in [-0.39, 0.29) is 16.5 Å². The smallest absolute Gasteiger partial charge is 0.409 e. The number of benzene rings is 1. The summed E-state index contributed by atoms with van der Waals surface area (Å²) in [4.78, 5) is 33.8. The molecule has 2 aromatic rings. The maximum absolute atomic E-state index is 12.8. The average Bonchev–Trinajstić information content (AvgIpc) is 3.16. The molecule has 12 heteroatoms. The number of hydrogen-bond donors (Lipinski definition) is 4. The Labute approximate surface area is 181 Å². The molecule has 1 atom stereocenters. The molecule has 0 saturated carbocycles. The lowest BCUT2D eigenvalue weighted by molar-refractivity contribution is -0.131. The number of esters is 1. The van der Waals surface area contributed by atoms with Gasteiger partial charge in [0.2, 0.25) is 5.95 Å². The average molecular weight is 444 g/mol. The number of carboxylic acid groups (broad SMARTS) is 1. The lowest BCUT2D eigenvalue weighted by Crippen LogP contribution is -2.26. The zero-order valence-electron chi connectivity index (χ0n) is 16.7. The molecule has 0 radical (unpaired) electrons. The normalized spacial score (nSPS) is 15.1. The molecule has 2 heterocycles. The highest BCUT2D eigenvalue weighted by Crippen LogP contribution is 2.44. The largest absolute Gasteiger partial charge is 0.493 e. The number of nitrogens with two attached hydrogens (primary N) is 1. The second-order valence-corrected chi connectivity index (χ2v) is 7.22. The van der Waals surface area contributed by atoms with Crippen LogP contribution in [0.5, 0.6) is 11.5 Å². The molecule has 0 saturated heterocycles. The molecule has 0 bridgehead atoms. The van der Waals surface area contributed by atoms with Crippen molar-refractivity contribution >= 4 is 35.5 Å². The molecule has 1 amide bonds. The van der Waals surface area contributed by atoms with Crippen LogP contribution in [0.3, 0.4) is 0 Å². The Morgan fingerprint density at radius 3 is 2.77 bits per heavy atom. The molecule has 0 unspecified atom stereocenters. The predicted molar refractivity (Wildman–Crippen MR) is 115 cm³/mol. The van der Waals surface area contributed by atoms with Crippen molar-refractivity contribution in [2.75, 3.05) is 25.2 Å². The van der Waals surface area contributed by atoms with Gasteiger partial charge in [-0.3, -0.25) is 5.32 Å². The van der Waals surface area contributed by atoms with Gasteiger partial charge in [0.05, 0.1) is 17.8 Å². The first-order valence-corrected chi connectivity index (χ1v) is 9.72. The van der Waals surface area contributed by atoms with E-state index >= 15 is 0 Å². The van der Waals surface area contributed by atoms with Crippen molar-refractivity contribution < 1.29 is 24.2 Å². The number of carbonyl (C=O) groups is 2. The lowest BCUT2D eigenvalue weighted by Gasteiger charge is -2.25. The quantitative estimate of drug-likeness (QED) is 0.215. The minimum atomic E-state index is -1.24. The van der Waals surface area contributed by atoms with E-state index in [0.717, 1.165) is 11.8 Å². The highest BCUT2D eigenvalue weighted by molar-refractivity contribution is 8.03. The van der Waals surface area contributed by atoms with Gasteiger partial charge in [0.25, 0.3) is 0 Å². The predicted octanol–water partition coefficient (Wildman–Crippen LogP) is 2.34. The molecule has 1 aromatic carbocycles. The Morgan fingerprint density at radius 1 is 1.32 bits per heavy atom. The summed E-state index contributed by atoms with van der Waals surface area (Å²) in [5.41, 5.74) is 6.63.